The van der Waals surface area contributed by atoms with Gasteiger partial charge in [-0.1, -0.05) is 23.7 Å². The van der Waals surface area contributed by atoms with Crippen LogP contribution in [0.2, 0.25) is 5.02 Å². The van der Waals surface area contributed by atoms with Crippen LogP contribution < -0.4 is 10.6 Å². The number of halogens is 2. The SMILES string of the molecule is O=C(NC(=S)Nc1ccc(Cl)cc1)c1ccccc1I. The summed E-state index contributed by atoms with van der Waals surface area (Å²) in [5.74, 6) is -0.235. The first-order valence-corrected chi connectivity index (χ1v) is 7.55. The van der Waals surface area contributed by atoms with E-state index in [0.29, 0.717) is 10.6 Å². The van der Waals surface area contributed by atoms with Crippen LogP contribution in [0, 0.1) is 3.57 Å². The van der Waals surface area contributed by atoms with E-state index in [1.165, 1.54) is 0 Å². The minimum Gasteiger partial charge on any atom is -0.332 e. The van der Waals surface area contributed by atoms with Crippen LogP contribution in [0.1, 0.15) is 10.4 Å². The Kier molecular flexibility index (Phi) is 5.33. The van der Waals surface area contributed by atoms with Gasteiger partial charge in [0.1, 0.15) is 0 Å². The molecule has 0 aliphatic carbocycles. The lowest BCUT2D eigenvalue weighted by atomic mass is 10.2. The van der Waals surface area contributed by atoms with Gasteiger partial charge in [-0.05, 0) is 71.2 Å². The van der Waals surface area contributed by atoms with Crippen molar-refractivity contribution < 1.29 is 4.79 Å². The molecule has 0 aliphatic heterocycles. The molecule has 0 radical (unpaired) electrons. The number of carbonyl (C=O) groups excluding carboxylic acids is 1. The molecular formula is C14H10ClIN2OS. The first-order chi connectivity index (χ1) is 9.56. The van der Waals surface area contributed by atoms with E-state index in [-0.39, 0.29) is 11.0 Å². The number of amides is 1. The molecule has 0 aromatic heterocycles. The zero-order valence-electron chi connectivity index (χ0n) is 10.2. The van der Waals surface area contributed by atoms with Crippen molar-refractivity contribution in [1.29, 1.82) is 0 Å². The molecule has 6 heteroatoms. The van der Waals surface area contributed by atoms with Crippen LogP contribution in [0.4, 0.5) is 5.69 Å². The fourth-order valence-electron chi connectivity index (χ4n) is 1.51. The van der Waals surface area contributed by atoms with E-state index in [9.17, 15) is 4.79 Å². The van der Waals surface area contributed by atoms with Crippen molar-refractivity contribution >= 4 is 63.1 Å². The van der Waals surface area contributed by atoms with Crippen molar-refractivity contribution in [2.45, 2.75) is 0 Å². The van der Waals surface area contributed by atoms with E-state index in [2.05, 4.69) is 33.2 Å². The smallest absolute Gasteiger partial charge is 0.258 e. The molecular weight excluding hydrogens is 407 g/mol. The topological polar surface area (TPSA) is 41.1 Å². The maximum Gasteiger partial charge on any atom is 0.258 e. The van der Waals surface area contributed by atoms with Gasteiger partial charge >= 0.3 is 0 Å². The van der Waals surface area contributed by atoms with Gasteiger partial charge < -0.3 is 5.32 Å². The first kappa shape index (κ1) is 15.2. The van der Waals surface area contributed by atoms with Crippen LogP contribution >= 0.6 is 46.4 Å². The highest BCUT2D eigenvalue weighted by molar-refractivity contribution is 14.1. The molecule has 3 nitrogen and oxygen atoms in total. The summed E-state index contributed by atoms with van der Waals surface area (Å²) in [6.07, 6.45) is 0. The van der Waals surface area contributed by atoms with Crippen molar-refractivity contribution in [3.63, 3.8) is 0 Å². The second kappa shape index (κ2) is 7.01. The molecule has 0 saturated heterocycles. The number of benzene rings is 2. The number of carbonyl (C=O) groups is 1. The highest BCUT2D eigenvalue weighted by Gasteiger charge is 2.10. The summed E-state index contributed by atoms with van der Waals surface area (Å²) in [5, 5.41) is 6.46. The third-order valence-electron chi connectivity index (χ3n) is 2.45. The standard InChI is InChI=1S/C14H10ClIN2OS/c15-9-5-7-10(8-6-9)17-14(20)18-13(19)11-3-1-2-4-12(11)16/h1-8H,(H2,17,18,19,20). The zero-order chi connectivity index (χ0) is 14.5. The zero-order valence-corrected chi connectivity index (χ0v) is 13.9. The molecule has 0 unspecified atom stereocenters. The second-order valence-corrected chi connectivity index (χ2v) is 5.90. The Hall–Kier alpha value is -1.18. The lowest BCUT2D eigenvalue weighted by molar-refractivity contribution is 0.0977. The Bertz CT molecular complexity index is 646. The molecule has 102 valence electrons. The van der Waals surface area contributed by atoms with Gasteiger partial charge in [-0.15, -0.1) is 0 Å². The number of anilines is 1. The molecule has 20 heavy (non-hydrogen) atoms. The molecule has 0 heterocycles. The van der Waals surface area contributed by atoms with Gasteiger partial charge in [-0.2, -0.15) is 0 Å². The average molecular weight is 417 g/mol. The van der Waals surface area contributed by atoms with Crippen molar-refractivity contribution in [3.8, 4) is 0 Å². The fraction of sp³-hybridized carbons (Fsp3) is 0. The summed E-state index contributed by atoms with van der Waals surface area (Å²) >= 11 is 13.0. The van der Waals surface area contributed by atoms with Gasteiger partial charge in [0.2, 0.25) is 0 Å². The number of nitrogens with one attached hydrogen (secondary N) is 2. The van der Waals surface area contributed by atoms with Gasteiger partial charge in [0.25, 0.3) is 5.91 Å². The molecule has 0 fully saturated rings. The molecule has 2 aromatic rings. The quantitative estimate of drug-likeness (QED) is 0.573. The summed E-state index contributed by atoms with van der Waals surface area (Å²) in [6, 6.07) is 14.4. The Morgan fingerprint density at radius 3 is 2.40 bits per heavy atom. The molecule has 0 bridgehead atoms. The van der Waals surface area contributed by atoms with Crippen LogP contribution in [0.5, 0.6) is 0 Å². The Balaban J connectivity index is 2.00. The van der Waals surface area contributed by atoms with E-state index in [1.54, 1.807) is 30.3 Å². The minimum absolute atomic E-state index is 0.235. The van der Waals surface area contributed by atoms with E-state index in [0.717, 1.165) is 9.26 Å². The molecule has 0 atom stereocenters. The van der Waals surface area contributed by atoms with Crippen molar-refractivity contribution in [2.75, 3.05) is 5.32 Å². The van der Waals surface area contributed by atoms with Crippen LogP contribution in [0.15, 0.2) is 48.5 Å². The maximum atomic E-state index is 12.1. The number of rotatable bonds is 2. The number of hydrogen-bond donors (Lipinski definition) is 2. The summed E-state index contributed by atoms with van der Waals surface area (Å²) < 4.78 is 0.872. The minimum atomic E-state index is -0.235. The monoisotopic (exact) mass is 416 g/mol. The largest absolute Gasteiger partial charge is 0.332 e. The average Bonchev–Trinajstić information content (AvgIpc) is 2.41. The third-order valence-corrected chi connectivity index (χ3v) is 3.84. The van der Waals surface area contributed by atoms with E-state index in [1.807, 2.05) is 18.2 Å². The van der Waals surface area contributed by atoms with Crippen LogP contribution in [0.25, 0.3) is 0 Å². The van der Waals surface area contributed by atoms with Gasteiger partial charge in [0.15, 0.2) is 5.11 Å². The van der Waals surface area contributed by atoms with Crippen molar-refractivity contribution in [3.05, 3.63) is 62.7 Å². The summed E-state index contributed by atoms with van der Waals surface area (Å²) in [5.41, 5.74) is 1.36. The highest BCUT2D eigenvalue weighted by atomic mass is 127. The summed E-state index contributed by atoms with van der Waals surface area (Å²) in [4.78, 5) is 12.1. The van der Waals surface area contributed by atoms with E-state index >= 15 is 0 Å². The maximum absolute atomic E-state index is 12.1. The van der Waals surface area contributed by atoms with Crippen molar-refractivity contribution in [2.24, 2.45) is 0 Å². The predicted octanol–water partition coefficient (Wildman–Crippen LogP) is 4.07. The molecule has 2 rings (SSSR count). The van der Waals surface area contributed by atoms with Gasteiger partial charge in [0, 0.05) is 14.3 Å². The van der Waals surface area contributed by atoms with Gasteiger partial charge in [0.05, 0.1) is 5.56 Å². The van der Waals surface area contributed by atoms with Crippen LogP contribution in [-0.4, -0.2) is 11.0 Å². The van der Waals surface area contributed by atoms with E-state index in [4.69, 9.17) is 23.8 Å². The second-order valence-electron chi connectivity index (χ2n) is 3.89. The summed E-state index contributed by atoms with van der Waals surface area (Å²) in [7, 11) is 0. The molecule has 2 aromatic carbocycles. The van der Waals surface area contributed by atoms with Gasteiger partial charge in [-0.25, -0.2) is 0 Å². The van der Waals surface area contributed by atoms with Crippen LogP contribution in [0.3, 0.4) is 0 Å². The highest BCUT2D eigenvalue weighted by Crippen LogP contribution is 2.14. The van der Waals surface area contributed by atoms with E-state index < -0.39 is 0 Å². The molecule has 2 N–H and O–H groups in total. The Morgan fingerprint density at radius 2 is 1.75 bits per heavy atom. The number of thiocarbonyl (C=S) groups is 1. The third kappa shape index (κ3) is 4.16. The van der Waals surface area contributed by atoms with Gasteiger partial charge in [-0.3, -0.25) is 10.1 Å². The Labute approximate surface area is 140 Å². The molecule has 0 spiro atoms. The fourth-order valence-corrected chi connectivity index (χ4v) is 2.48. The lowest BCUT2D eigenvalue weighted by Crippen LogP contribution is -2.34. The molecule has 0 aliphatic rings. The first-order valence-electron chi connectivity index (χ1n) is 5.68. The lowest BCUT2D eigenvalue weighted by Gasteiger charge is -2.10. The van der Waals surface area contributed by atoms with Crippen LogP contribution in [-0.2, 0) is 0 Å². The Morgan fingerprint density at radius 1 is 1.10 bits per heavy atom. The molecule has 0 saturated carbocycles. The summed E-state index contributed by atoms with van der Waals surface area (Å²) in [6.45, 7) is 0. The predicted molar refractivity (Wildman–Crippen MR) is 94.3 cm³/mol. The molecule has 1 amide bonds. The number of hydrogen-bond acceptors (Lipinski definition) is 2. The van der Waals surface area contributed by atoms with Crippen molar-refractivity contribution in [1.82, 2.24) is 5.32 Å². The normalized spacial score (nSPS) is 9.90.